The number of rotatable bonds is 7. The first-order chi connectivity index (χ1) is 12.2. The summed E-state index contributed by atoms with van der Waals surface area (Å²) >= 11 is 6.48. The van der Waals surface area contributed by atoms with E-state index in [0.717, 1.165) is 41.2 Å². The number of nitrogens with zero attached hydrogens (tertiary/aromatic N) is 3. The van der Waals surface area contributed by atoms with E-state index in [-0.39, 0.29) is 0 Å². The Morgan fingerprint density at radius 3 is 2.68 bits per heavy atom. The largest absolute Gasteiger partial charge is 0.497 e. The third-order valence-electron chi connectivity index (χ3n) is 4.51. The molecule has 3 aromatic rings. The Labute approximate surface area is 153 Å². The van der Waals surface area contributed by atoms with Crippen LogP contribution in [0.4, 0.5) is 0 Å². The van der Waals surface area contributed by atoms with Gasteiger partial charge in [-0.1, -0.05) is 38.3 Å². The maximum Gasteiger partial charge on any atom is 0.159 e. The first-order valence-electron chi connectivity index (χ1n) is 8.89. The molecule has 2 heterocycles. The molecule has 0 radical (unpaired) electrons. The van der Waals surface area contributed by atoms with Gasteiger partial charge in [-0.3, -0.25) is 0 Å². The Morgan fingerprint density at radius 2 is 2.00 bits per heavy atom. The molecular formula is C20H24ClN3O. The first-order valence-corrected chi connectivity index (χ1v) is 9.26. The van der Waals surface area contributed by atoms with Crippen molar-refractivity contribution >= 4 is 17.2 Å². The van der Waals surface area contributed by atoms with E-state index in [9.17, 15) is 0 Å². The van der Waals surface area contributed by atoms with Crippen molar-refractivity contribution in [1.29, 1.82) is 0 Å². The van der Waals surface area contributed by atoms with Crippen molar-refractivity contribution in [3.05, 3.63) is 46.7 Å². The summed E-state index contributed by atoms with van der Waals surface area (Å²) < 4.78 is 7.19. The highest BCUT2D eigenvalue weighted by atomic mass is 35.5. The number of benzene rings is 1. The Bertz CT molecular complexity index is 873. The second-order valence-corrected chi connectivity index (χ2v) is 6.55. The van der Waals surface area contributed by atoms with Gasteiger partial charge in [-0.25, -0.2) is 9.50 Å². The molecule has 25 heavy (non-hydrogen) atoms. The number of methoxy groups -OCH3 is 1. The van der Waals surface area contributed by atoms with Crippen molar-refractivity contribution in [2.24, 2.45) is 0 Å². The lowest BCUT2D eigenvalue weighted by atomic mass is 10.1. The molecule has 1 aromatic carbocycles. The molecule has 3 rings (SSSR count). The Morgan fingerprint density at radius 1 is 1.16 bits per heavy atom. The summed E-state index contributed by atoms with van der Waals surface area (Å²) in [5.74, 6) is 0.744. The van der Waals surface area contributed by atoms with Crippen LogP contribution in [0.25, 0.3) is 16.9 Å². The van der Waals surface area contributed by atoms with Crippen LogP contribution >= 0.6 is 11.6 Å². The number of aryl methyl sites for hydroxylation is 2. The molecule has 0 saturated heterocycles. The third-order valence-corrected chi connectivity index (χ3v) is 4.83. The lowest BCUT2D eigenvalue weighted by Crippen LogP contribution is -1.97. The number of unbranched alkanes of at least 4 members (excludes halogenated alkanes) is 2. The molecule has 4 nitrogen and oxygen atoms in total. The van der Waals surface area contributed by atoms with Crippen molar-refractivity contribution < 1.29 is 4.74 Å². The smallest absolute Gasteiger partial charge is 0.159 e. The van der Waals surface area contributed by atoms with Crippen LogP contribution in [0.2, 0.25) is 5.02 Å². The molecule has 0 fully saturated rings. The number of hydrogen-bond acceptors (Lipinski definition) is 3. The number of hydrogen-bond donors (Lipinski definition) is 0. The van der Waals surface area contributed by atoms with E-state index in [1.807, 2.05) is 35.0 Å². The minimum atomic E-state index is 0.646. The van der Waals surface area contributed by atoms with E-state index >= 15 is 0 Å². The van der Waals surface area contributed by atoms with E-state index in [1.165, 1.54) is 24.8 Å². The number of halogens is 1. The van der Waals surface area contributed by atoms with Gasteiger partial charge in [0.1, 0.15) is 5.75 Å². The van der Waals surface area contributed by atoms with Crippen molar-refractivity contribution in [1.82, 2.24) is 14.6 Å². The molecule has 0 aliphatic heterocycles. The maximum absolute atomic E-state index is 6.48. The standard InChI is InChI=1S/C20H24ClN3O/c1-4-6-7-8-16-18(5-2)23-24-19(11-12-22-20(16)24)15-10-9-14(25-3)13-17(15)21/h9-13H,4-8H2,1-3H3. The number of fused-ring (bicyclic) bond motifs is 1. The summed E-state index contributed by atoms with van der Waals surface area (Å²) in [4.78, 5) is 4.61. The van der Waals surface area contributed by atoms with Gasteiger partial charge in [0.15, 0.2) is 5.65 Å². The summed E-state index contributed by atoms with van der Waals surface area (Å²) in [5, 5.41) is 5.48. The fraction of sp³-hybridized carbons (Fsp3) is 0.400. The average Bonchev–Trinajstić information content (AvgIpc) is 3.00. The normalized spacial score (nSPS) is 11.2. The van der Waals surface area contributed by atoms with Gasteiger partial charge in [-0.05, 0) is 43.5 Å². The fourth-order valence-electron chi connectivity index (χ4n) is 3.16. The SMILES string of the molecule is CCCCCc1c(CC)nn2c(-c3ccc(OC)cc3Cl)ccnc12. The molecular weight excluding hydrogens is 334 g/mol. The summed E-state index contributed by atoms with van der Waals surface area (Å²) in [6.45, 7) is 4.37. The third kappa shape index (κ3) is 3.49. The zero-order chi connectivity index (χ0) is 17.8. The molecule has 0 N–H and O–H groups in total. The fourth-order valence-corrected chi connectivity index (χ4v) is 3.43. The highest BCUT2D eigenvalue weighted by Crippen LogP contribution is 2.32. The predicted molar refractivity (Wildman–Crippen MR) is 103 cm³/mol. The Hall–Kier alpha value is -2.07. The summed E-state index contributed by atoms with van der Waals surface area (Å²) in [6.07, 6.45) is 7.37. The van der Waals surface area contributed by atoms with Gasteiger partial charge in [0.25, 0.3) is 0 Å². The van der Waals surface area contributed by atoms with Crippen LogP contribution in [0.5, 0.6) is 5.75 Å². The van der Waals surface area contributed by atoms with Crippen molar-refractivity contribution in [2.45, 2.75) is 46.0 Å². The van der Waals surface area contributed by atoms with Crippen LogP contribution < -0.4 is 4.74 Å². The summed E-state index contributed by atoms with van der Waals surface area (Å²) in [6, 6.07) is 7.68. The van der Waals surface area contributed by atoms with E-state index in [0.29, 0.717) is 5.02 Å². The monoisotopic (exact) mass is 357 g/mol. The van der Waals surface area contributed by atoms with E-state index < -0.39 is 0 Å². The molecule has 2 aromatic heterocycles. The predicted octanol–water partition coefficient (Wildman–Crippen LogP) is 5.35. The van der Waals surface area contributed by atoms with E-state index in [1.54, 1.807) is 7.11 Å². The van der Waals surface area contributed by atoms with Crippen molar-refractivity contribution in [3.63, 3.8) is 0 Å². The van der Waals surface area contributed by atoms with Crippen LogP contribution in [0.1, 0.15) is 44.4 Å². The van der Waals surface area contributed by atoms with Gasteiger partial charge in [-0.15, -0.1) is 0 Å². The van der Waals surface area contributed by atoms with Crippen molar-refractivity contribution in [2.75, 3.05) is 7.11 Å². The zero-order valence-corrected chi connectivity index (χ0v) is 15.8. The molecule has 0 aliphatic carbocycles. The molecule has 0 amide bonds. The Kier molecular flexibility index (Phi) is 5.59. The van der Waals surface area contributed by atoms with Gasteiger partial charge < -0.3 is 4.74 Å². The summed E-state index contributed by atoms with van der Waals surface area (Å²) in [7, 11) is 1.64. The highest BCUT2D eigenvalue weighted by molar-refractivity contribution is 6.33. The molecule has 0 bridgehead atoms. The molecule has 0 aliphatic rings. The van der Waals surface area contributed by atoms with Gasteiger partial charge in [0.05, 0.1) is 23.5 Å². The lowest BCUT2D eigenvalue weighted by Gasteiger charge is -2.08. The van der Waals surface area contributed by atoms with Gasteiger partial charge in [0.2, 0.25) is 0 Å². The second kappa shape index (κ2) is 7.87. The first kappa shape index (κ1) is 17.7. The molecule has 0 unspecified atom stereocenters. The molecule has 0 atom stereocenters. The van der Waals surface area contributed by atoms with Gasteiger partial charge in [-0.2, -0.15) is 5.10 Å². The van der Waals surface area contributed by atoms with E-state index in [2.05, 4.69) is 18.8 Å². The summed E-state index contributed by atoms with van der Waals surface area (Å²) in [5.41, 5.74) is 5.22. The quantitative estimate of drug-likeness (QED) is 0.535. The van der Waals surface area contributed by atoms with E-state index in [4.69, 9.17) is 21.4 Å². The number of aromatic nitrogens is 3. The van der Waals surface area contributed by atoms with Crippen LogP contribution in [-0.2, 0) is 12.8 Å². The topological polar surface area (TPSA) is 39.4 Å². The van der Waals surface area contributed by atoms with Crippen LogP contribution in [0.15, 0.2) is 30.5 Å². The molecule has 0 saturated carbocycles. The maximum atomic E-state index is 6.48. The van der Waals surface area contributed by atoms with Crippen molar-refractivity contribution in [3.8, 4) is 17.0 Å². The van der Waals surface area contributed by atoms with Gasteiger partial charge in [0, 0.05) is 17.3 Å². The van der Waals surface area contributed by atoms with Gasteiger partial charge >= 0.3 is 0 Å². The molecule has 132 valence electrons. The molecule has 0 spiro atoms. The van der Waals surface area contributed by atoms with Crippen LogP contribution in [0, 0.1) is 0 Å². The average molecular weight is 358 g/mol. The highest BCUT2D eigenvalue weighted by Gasteiger charge is 2.16. The van der Waals surface area contributed by atoms with Crippen LogP contribution in [-0.4, -0.2) is 21.7 Å². The lowest BCUT2D eigenvalue weighted by molar-refractivity contribution is 0.415. The zero-order valence-electron chi connectivity index (χ0n) is 15.1. The molecule has 5 heteroatoms. The minimum Gasteiger partial charge on any atom is -0.497 e. The van der Waals surface area contributed by atoms with Crippen LogP contribution in [0.3, 0.4) is 0 Å². The second-order valence-electron chi connectivity index (χ2n) is 6.15. The number of ether oxygens (including phenoxy) is 1. The minimum absolute atomic E-state index is 0.646. The Balaban J connectivity index is 2.11.